The fraction of sp³-hybridized carbons (Fsp3) is 0.278. The molecule has 9 nitrogen and oxygen atoms in total. The van der Waals surface area contributed by atoms with Crippen LogP contribution in [0.2, 0.25) is 0 Å². The number of carbonyl (C=O) groups is 1. The first-order valence-electron chi connectivity index (χ1n) is 8.88. The van der Waals surface area contributed by atoms with E-state index in [1.165, 1.54) is 0 Å². The van der Waals surface area contributed by atoms with Gasteiger partial charge in [-0.25, -0.2) is 9.97 Å². The van der Waals surface area contributed by atoms with Crippen LogP contribution < -0.4 is 10.6 Å². The van der Waals surface area contributed by atoms with Crippen LogP contribution in [0, 0.1) is 0 Å². The summed E-state index contributed by atoms with van der Waals surface area (Å²) in [5.74, 6) is 1.06. The average molecular weight is 362 g/mol. The molecular formula is C18H18N8O. The van der Waals surface area contributed by atoms with Crippen molar-refractivity contribution in [2.75, 3.05) is 11.9 Å². The third kappa shape index (κ3) is 2.67. The maximum atomic E-state index is 12.2. The fourth-order valence-electron chi connectivity index (χ4n) is 3.37. The molecule has 1 aliphatic rings. The number of nitrogens with zero attached hydrogens (tertiary/aromatic N) is 6. The maximum Gasteiger partial charge on any atom is 0.242 e. The lowest BCUT2D eigenvalue weighted by Crippen LogP contribution is -2.44. The number of aromatic nitrogens is 6. The summed E-state index contributed by atoms with van der Waals surface area (Å²) < 4.78 is 3.38. The van der Waals surface area contributed by atoms with Crippen molar-refractivity contribution in [1.82, 2.24) is 34.7 Å². The molecule has 0 aliphatic carbocycles. The van der Waals surface area contributed by atoms with Crippen LogP contribution >= 0.6 is 0 Å². The van der Waals surface area contributed by atoms with E-state index in [0.717, 1.165) is 29.3 Å². The van der Waals surface area contributed by atoms with Gasteiger partial charge >= 0.3 is 0 Å². The molecule has 9 heteroatoms. The third-order valence-corrected chi connectivity index (χ3v) is 4.73. The van der Waals surface area contributed by atoms with Crippen molar-refractivity contribution in [3.63, 3.8) is 0 Å². The molecule has 1 aliphatic heterocycles. The van der Waals surface area contributed by atoms with Crippen molar-refractivity contribution >= 4 is 28.4 Å². The van der Waals surface area contributed by atoms with Crippen LogP contribution in [0.4, 0.5) is 5.95 Å². The van der Waals surface area contributed by atoms with Crippen LogP contribution in [0.3, 0.4) is 0 Å². The summed E-state index contributed by atoms with van der Waals surface area (Å²) in [7, 11) is 1.85. The number of amides is 1. The van der Waals surface area contributed by atoms with E-state index < -0.39 is 0 Å². The zero-order valence-corrected chi connectivity index (χ0v) is 14.8. The molecule has 0 radical (unpaired) electrons. The largest absolute Gasteiger partial charge is 0.354 e. The Morgan fingerprint density at radius 2 is 2.15 bits per heavy atom. The number of benzene rings is 1. The van der Waals surface area contributed by atoms with Crippen LogP contribution in [-0.2, 0) is 11.8 Å². The predicted molar refractivity (Wildman–Crippen MR) is 100 cm³/mol. The number of carbonyl (C=O) groups excluding carboxylic acids is 1. The van der Waals surface area contributed by atoms with E-state index >= 15 is 0 Å². The van der Waals surface area contributed by atoms with Gasteiger partial charge in [0.25, 0.3) is 0 Å². The van der Waals surface area contributed by atoms with Gasteiger partial charge in [-0.3, -0.25) is 9.48 Å². The van der Waals surface area contributed by atoms with Gasteiger partial charge in [0.05, 0.1) is 17.3 Å². The summed E-state index contributed by atoms with van der Waals surface area (Å²) in [5.41, 5.74) is 2.32. The van der Waals surface area contributed by atoms with Gasteiger partial charge in [0, 0.05) is 25.2 Å². The van der Waals surface area contributed by atoms with Crippen LogP contribution in [-0.4, -0.2) is 47.9 Å². The molecule has 1 fully saturated rings. The highest BCUT2D eigenvalue weighted by atomic mass is 16.2. The summed E-state index contributed by atoms with van der Waals surface area (Å²) in [5, 5.41) is 15.9. The van der Waals surface area contributed by atoms with E-state index in [-0.39, 0.29) is 11.9 Å². The number of para-hydroxylation sites is 1. The number of hydrogen-bond acceptors (Lipinski definition) is 6. The topological polar surface area (TPSA) is 102 Å². The van der Waals surface area contributed by atoms with Crippen molar-refractivity contribution in [2.24, 2.45) is 7.05 Å². The van der Waals surface area contributed by atoms with Gasteiger partial charge in [0.15, 0.2) is 11.5 Å². The first kappa shape index (κ1) is 15.7. The minimum absolute atomic E-state index is 0.0167. The molecule has 3 aromatic heterocycles. The Morgan fingerprint density at radius 3 is 2.96 bits per heavy atom. The number of hydrogen-bond donors (Lipinski definition) is 2. The van der Waals surface area contributed by atoms with Gasteiger partial charge in [-0.2, -0.15) is 9.61 Å². The first-order chi connectivity index (χ1) is 13.2. The second-order valence-electron chi connectivity index (χ2n) is 6.66. The van der Waals surface area contributed by atoms with Crippen LogP contribution in [0.1, 0.15) is 12.8 Å². The summed E-state index contributed by atoms with van der Waals surface area (Å²) in [6.07, 6.45) is 5.28. The third-order valence-electron chi connectivity index (χ3n) is 4.73. The normalized spacial score (nSPS) is 17.4. The van der Waals surface area contributed by atoms with E-state index in [2.05, 4.69) is 20.8 Å². The molecule has 1 atom stereocenters. The Morgan fingerprint density at radius 1 is 1.26 bits per heavy atom. The molecule has 0 spiro atoms. The van der Waals surface area contributed by atoms with Gasteiger partial charge in [0.1, 0.15) is 6.04 Å². The van der Waals surface area contributed by atoms with Gasteiger partial charge in [-0.15, -0.1) is 5.10 Å². The van der Waals surface area contributed by atoms with Crippen LogP contribution in [0.5, 0.6) is 0 Å². The van der Waals surface area contributed by atoms with E-state index in [4.69, 9.17) is 9.97 Å². The lowest BCUT2D eigenvalue weighted by Gasteiger charge is -2.23. The molecule has 27 heavy (non-hydrogen) atoms. The quantitative estimate of drug-likeness (QED) is 0.571. The summed E-state index contributed by atoms with van der Waals surface area (Å²) >= 11 is 0. The number of nitrogens with one attached hydrogen (secondary N) is 2. The predicted octanol–water partition coefficient (Wildman–Crippen LogP) is 1.37. The molecule has 4 heterocycles. The minimum Gasteiger partial charge on any atom is -0.354 e. The second-order valence-corrected chi connectivity index (χ2v) is 6.66. The molecule has 4 aromatic rings. The number of fused-ring (bicyclic) bond motifs is 3. The minimum atomic E-state index is -0.332. The Labute approximate surface area is 154 Å². The molecule has 0 saturated carbocycles. The van der Waals surface area contributed by atoms with E-state index in [1.807, 2.05) is 37.5 Å². The fourth-order valence-corrected chi connectivity index (χ4v) is 3.37. The SMILES string of the molecule is Cn1cc(-c2nc3c4ccccc4nc(N[C@@H]4CCCNC4=O)n3n2)cn1. The van der Waals surface area contributed by atoms with Gasteiger partial charge in [-0.05, 0) is 25.0 Å². The molecule has 1 aromatic carbocycles. The number of rotatable bonds is 3. The summed E-state index contributed by atoms with van der Waals surface area (Å²) in [4.78, 5) is 21.6. The van der Waals surface area contributed by atoms with Gasteiger partial charge < -0.3 is 10.6 Å². The highest BCUT2D eigenvalue weighted by molar-refractivity contribution is 5.93. The van der Waals surface area contributed by atoms with E-state index in [9.17, 15) is 4.79 Å². The van der Waals surface area contributed by atoms with Crippen molar-refractivity contribution < 1.29 is 4.79 Å². The summed E-state index contributed by atoms with van der Waals surface area (Å²) in [6, 6.07) is 7.45. The number of aryl methyl sites for hydroxylation is 1. The second kappa shape index (κ2) is 6.04. The standard InChI is InChI=1S/C18H18N8O/c1-25-10-11(9-20-25)15-23-16-12-5-2-3-6-13(12)21-18(26(16)24-15)22-14-7-4-8-19-17(14)27/h2-3,5-6,9-10,14H,4,7-8H2,1H3,(H,19,27)(H,21,22)/t14-/m1/s1. The Bertz CT molecular complexity index is 1160. The molecular weight excluding hydrogens is 344 g/mol. The highest BCUT2D eigenvalue weighted by Gasteiger charge is 2.24. The summed E-state index contributed by atoms with van der Waals surface area (Å²) in [6.45, 7) is 0.714. The van der Waals surface area contributed by atoms with Crippen molar-refractivity contribution in [3.05, 3.63) is 36.7 Å². The zero-order chi connectivity index (χ0) is 18.4. The van der Waals surface area contributed by atoms with Crippen LogP contribution in [0.15, 0.2) is 36.7 Å². The molecule has 2 N–H and O–H groups in total. The smallest absolute Gasteiger partial charge is 0.242 e. The maximum absolute atomic E-state index is 12.2. The molecule has 5 rings (SSSR count). The average Bonchev–Trinajstić information content (AvgIpc) is 3.30. The monoisotopic (exact) mass is 362 g/mol. The Kier molecular flexibility index (Phi) is 3.52. The van der Waals surface area contributed by atoms with Crippen molar-refractivity contribution in [1.29, 1.82) is 0 Å². The Hall–Kier alpha value is -3.49. The molecule has 0 bridgehead atoms. The molecule has 1 amide bonds. The lowest BCUT2D eigenvalue weighted by atomic mass is 10.1. The lowest BCUT2D eigenvalue weighted by molar-refractivity contribution is -0.123. The van der Waals surface area contributed by atoms with Crippen molar-refractivity contribution in [2.45, 2.75) is 18.9 Å². The molecule has 1 saturated heterocycles. The van der Waals surface area contributed by atoms with Gasteiger partial charge in [-0.1, -0.05) is 12.1 Å². The van der Waals surface area contributed by atoms with E-state index in [0.29, 0.717) is 24.0 Å². The number of piperidine rings is 1. The van der Waals surface area contributed by atoms with E-state index in [1.54, 1.807) is 15.4 Å². The Balaban J connectivity index is 1.68. The molecule has 136 valence electrons. The van der Waals surface area contributed by atoms with Crippen LogP contribution in [0.25, 0.3) is 27.9 Å². The zero-order valence-electron chi connectivity index (χ0n) is 14.8. The number of anilines is 1. The van der Waals surface area contributed by atoms with Gasteiger partial charge in [0.2, 0.25) is 11.9 Å². The van der Waals surface area contributed by atoms with Crippen molar-refractivity contribution in [3.8, 4) is 11.4 Å². The highest BCUT2D eigenvalue weighted by Crippen LogP contribution is 2.24. The first-order valence-corrected chi connectivity index (χ1v) is 8.88. The molecule has 0 unspecified atom stereocenters.